The highest BCUT2D eigenvalue weighted by atomic mass is 19.1. The van der Waals surface area contributed by atoms with Crippen LogP contribution in [-0.2, 0) is 11.2 Å². The summed E-state index contributed by atoms with van der Waals surface area (Å²) in [5.74, 6) is -1.74. The Kier molecular flexibility index (Phi) is 8.55. The number of H-pyrrole nitrogens is 1. The van der Waals surface area contributed by atoms with Crippen molar-refractivity contribution in [2.45, 2.75) is 19.4 Å². The van der Waals surface area contributed by atoms with Crippen LogP contribution in [0.1, 0.15) is 44.5 Å². The number of carbonyl (C=O) groups is 3. The zero-order valence-corrected chi connectivity index (χ0v) is 22.0. The van der Waals surface area contributed by atoms with Crippen molar-refractivity contribution in [2.24, 2.45) is 0 Å². The Morgan fingerprint density at radius 3 is 2.42 bits per heavy atom. The van der Waals surface area contributed by atoms with E-state index < -0.39 is 23.3 Å². The lowest BCUT2D eigenvalue weighted by atomic mass is 10.00. The molecule has 11 heteroatoms. The van der Waals surface area contributed by atoms with Gasteiger partial charge in [0, 0.05) is 48.1 Å². The first-order valence-corrected chi connectivity index (χ1v) is 12.4. The SMILES string of the molecule is CNC(=O)c1cccc(-c2[nH]c(=O)c(NC(=O)[C@H](C)NC)nc2Cc2cncc(C(=O)c3ccc(F)cc3)c2)c1. The van der Waals surface area contributed by atoms with E-state index in [0.29, 0.717) is 33.6 Å². The Labute approximate surface area is 229 Å². The summed E-state index contributed by atoms with van der Waals surface area (Å²) >= 11 is 0. The van der Waals surface area contributed by atoms with Crippen molar-refractivity contribution in [3.63, 3.8) is 0 Å². The highest BCUT2D eigenvalue weighted by molar-refractivity contribution is 6.08. The number of hydrogen-bond donors (Lipinski definition) is 4. The van der Waals surface area contributed by atoms with Gasteiger partial charge >= 0.3 is 0 Å². The normalized spacial score (nSPS) is 11.5. The third-order valence-electron chi connectivity index (χ3n) is 6.23. The molecular weight excluding hydrogens is 515 g/mol. The second-order valence-corrected chi connectivity index (χ2v) is 8.99. The number of nitrogens with zero attached hydrogens (tertiary/aromatic N) is 2. The molecule has 0 radical (unpaired) electrons. The Hall–Kier alpha value is -5.03. The fraction of sp³-hybridized carbons (Fsp3) is 0.172. The molecule has 2 heterocycles. The molecule has 4 rings (SSSR count). The molecule has 204 valence electrons. The monoisotopic (exact) mass is 542 g/mol. The average Bonchev–Trinajstić information content (AvgIpc) is 2.98. The van der Waals surface area contributed by atoms with E-state index in [-0.39, 0.29) is 29.5 Å². The van der Waals surface area contributed by atoms with Crippen LogP contribution in [0.3, 0.4) is 0 Å². The Morgan fingerprint density at radius 2 is 1.73 bits per heavy atom. The molecule has 0 spiro atoms. The van der Waals surface area contributed by atoms with E-state index in [2.05, 4.69) is 30.9 Å². The second kappa shape index (κ2) is 12.2. The average molecular weight is 543 g/mol. The summed E-state index contributed by atoms with van der Waals surface area (Å²) < 4.78 is 13.3. The minimum absolute atomic E-state index is 0.123. The summed E-state index contributed by atoms with van der Waals surface area (Å²) in [5.41, 5.74) is 2.16. The lowest BCUT2D eigenvalue weighted by molar-refractivity contribution is -0.117. The molecule has 4 N–H and O–H groups in total. The summed E-state index contributed by atoms with van der Waals surface area (Å²) in [5, 5.41) is 7.91. The number of pyridine rings is 1. The number of ketones is 1. The smallest absolute Gasteiger partial charge is 0.291 e. The van der Waals surface area contributed by atoms with Gasteiger partial charge in [-0.1, -0.05) is 12.1 Å². The summed E-state index contributed by atoms with van der Waals surface area (Å²) in [7, 11) is 3.13. The predicted molar refractivity (Wildman–Crippen MR) is 148 cm³/mol. The lowest BCUT2D eigenvalue weighted by Gasteiger charge is -2.14. The van der Waals surface area contributed by atoms with Crippen LogP contribution in [0.4, 0.5) is 10.2 Å². The van der Waals surface area contributed by atoms with Gasteiger partial charge in [-0.15, -0.1) is 0 Å². The molecule has 0 aliphatic carbocycles. The van der Waals surface area contributed by atoms with Crippen LogP contribution < -0.4 is 21.5 Å². The molecule has 40 heavy (non-hydrogen) atoms. The molecule has 0 unspecified atom stereocenters. The van der Waals surface area contributed by atoms with Gasteiger partial charge in [0.1, 0.15) is 5.82 Å². The fourth-order valence-electron chi connectivity index (χ4n) is 3.92. The maximum atomic E-state index is 13.3. The molecule has 0 saturated carbocycles. The zero-order valence-electron chi connectivity index (χ0n) is 22.0. The number of nitrogens with one attached hydrogen (secondary N) is 4. The third kappa shape index (κ3) is 6.33. The van der Waals surface area contributed by atoms with Crippen LogP contribution in [0.2, 0.25) is 0 Å². The standard InChI is InChI=1S/C29H27FN6O4/c1-16(31-2)27(38)36-26-29(40)35-24(19-5-4-6-20(13-19)28(39)32-3)23(34-26)12-17-11-21(15-33-14-17)25(37)18-7-9-22(30)10-8-18/h4-11,13-16,31H,12H2,1-3H3,(H,32,39)(H,35,40)(H,34,36,38)/t16-/m0/s1. The molecule has 2 amide bonds. The molecule has 2 aromatic carbocycles. The Bertz CT molecular complexity index is 1630. The first-order valence-electron chi connectivity index (χ1n) is 12.4. The van der Waals surface area contributed by atoms with Gasteiger partial charge in [0.05, 0.1) is 17.4 Å². The van der Waals surface area contributed by atoms with Crippen LogP contribution in [0.15, 0.2) is 71.8 Å². The van der Waals surface area contributed by atoms with Crippen LogP contribution in [0, 0.1) is 5.82 Å². The number of carbonyl (C=O) groups excluding carboxylic acids is 3. The number of aromatic amines is 1. The van der Waals surface area contributed by atoms with Gasteiger partial charge in [-0.05, 0) is 62.0 Å². The molecule has 0 aliphatic rings. The number of amides is 2. The summed E-state index contributed by atoms with van der Waals surface area (Å²) in [6, 6.07) is 12.9. The van der Waals surface area contributed by atoms with E-state index in [9.17, 15) is 23.6 Å². The maximum absolute atomic E-state index is 13.3. The number of benzene rings is 2. The largest absolute Gasteiger partial charge is 0.355 e. The molecule has 0 bridgehead atoms. The number of aromatic nitrogens is 3. The molecule has 4 aromatic rings. The van der Waals surface area contributed by atoms with Crippen molar-refractivity contribution in [3.05, 3.63) is 111 Å². The van der Waals surface area contributed by atoms with E-state index in [1.807, 2.05) is 0 Å². The van der Waals surface area contributed by atoms with Crippen molar-refractivity contribution >= 4 is 23.4 Å². The van der Waals surface area contributed by atoms with E-state index in [1.165, 1.54) is 37.5 Å². The van der Waals surface area contributed by atoms with Crippen molar-refractivity contribution in [3.8, 4) is 11.3 Å². The molecule has 2 aromatic heterocycles. The van der Waals surface area contributed by atoms with Crippen LogP contribution in [-0.4, -0.2) is 52.7 Å². The van der Waals surface area contributed by atoms with E-state index >= 15 is 0 Å². The summed E-state index contributed by atoms with van der Waals surface area (Å²) in [4.78, 5) is 62.1. The molecule has 0 saturated heterocycles. The number of likely N-dealkylation sites (N-methyl/N-ethyl adjacent to an activating group) is 1. The van der Waals surface area contributed by atoms with Gasteiger partial charge in [0.15, 0.2) is 11.6 Å². The summed E-state index contributed by atoms with van der Waals surface area (Å²) in [6.07, 6.45) is 3.09. The number of halogens is 1. The summed E-state index contributed by atoms with van der Waals surface area (Å²) in [6.45, 7) is 1.64. The maximum Gasteiger partial charge on any atom is 0.291 e. The predicted octanol–water partition coefficient (Wildman–Crippen LogP) is 2.70. The topological polar surface area (TPSA) is 146 Å². The van der Waals surface area contributed by atoms with Crippen molar-refractivity contribution in [2.75, 3.05) is 19.4 Å². The van der Waals surface area contributed by atoms with Gasteiger partial charge in [-0.2, -0.15) is 0 Å². The van der Waals surface area contributed by atoms with E-state index in [4.69, 9.17) is 0 Å². The molecule has 1 atom stereocenters. The molecule has 0 fully saturated rings. The van der Waals surface area contributed by atoms with Gasteiger partial charge in [-0.25, -0.2) is 9.37 Å². The minimum atomic E-state index is -0.626. The van der Waals surface area contributed by atoms with Crippen LogP contribution in [0.25, 0.3) is 11.3 Å². The van der Waals surface area contributed by atoms with Crippen molar-refractivity contribution in [1.29, 1.82) is 0 Å². The van der Waals surface area contributed by atoms with Gasteiger partial charge in [-0.3, -0.25) is 24.2 Å². The highest BCUT2D eigenvalue weighted by Crippen LogP contribution is 2.24. The highest BCUT2D eigenvalue weighted by Gasteiger charge is 2.19. The van der Waals surface area contributed by atoms with E-state index in [1.54, 1.807) is 50.5 Å². The molecular formula is C29H27FN6O4. The number of rotatable bonds is 9. The van der Waals surface area contributed by atoms with Crippen LogP contribution >= 0.6 is 0 Å². The van der Waals surface area contributed by atoms with E-state index in [0.717, 1.165) is 0 Å². The lowest BCUT2D eigenvalue weighted by Crippen LogP contribution is -2.37. The fourth-order valence-corrected chi connectivity index (χ4v) is 3.92. The molecule has 10 nitrogen and oxygen atoms in total. The zero-order chi connectivity index (χ0) is 28.8. The Balaban J connectivity index is 1.77. The quantitative estimate of drug-likeness (QED) is 0.238. The van der Waals surface area contributed by atoms with Crippen LogP contribution in [0.5, 0.6) is 0 Å². The van der Waals surface area contributed by atoms with Gasteiger partial charge in [0.25, 0.3) is 11.5 Å². The van der Waals surface area contributed by atoms with Crippen molar-refractivity contribution < 1.29 is 18.8 Å². The third-order valence-corrected chi connectivity index (χ3v) is 6.23. The Morgan fingerprint density at radius 1 is 0.975 bits per heavy atom. The van der Waals surface area contributed by atoms with Crippen molar-refractivity contribution in [1.82, 2.24) is 25.6 Å². The number of anilines is 1. The first kappa shape index (κ1) is 28.0. The van der Waals surface area contributed by atoms with Gasteiger partial charge in [0.2, 0.25) is 5.91 Å². The van der Waals surface area contributed by atoms with Gasteiger partial charge < -0.3 is 20.9 Å². The minimum Gasteiger partial charge on any atom is -0.355 e. The molecule has 0 aliphatic heterocycles. The second-order valence-electron chi connectivity index (χ2n) is 8.99. The number of hydrogen-bond acceptors (Lipinski definition) is 7. The first-order chi connectivity index (χ1) is 19.2.